The Morgan fingerprint density at radius 3 is 2.62 bits per heavy atom. The van der Waals surface area contributed by atoms with Crippen LogP contribution in [0.15, 0.2) is 24.8 Å². The maximum atomic E-state index is 12.8. The van der Waals surface area contributed by atoms with Gasteiger partial charge in [-0.1, -0.05) is 32.4 Å². The molecule has 176 valence electrons. The molecule has 0 radical (unpaired) electrons. The second-order valence-electron chi connectivity index (χ2n) is 8.62. The number of aromatic nitrogens is 7. The molecule has 1 atom stereocenters. The van der Waals surface area contributed by atoms with Gasteiger partial charge in [-0.3, -0.25) is 14.3 Å². The molecule has 0 spiro atoms. The van der Waals surface area contributed by atoms with E-state index in [1.807, 2.05) is 20.8 Å². The molecule has 0 bridgehead atoms. The van der Waals surface area contributed by atoms with Crippen molar-refractivity contribution >= 4 is 51.6 Å². The van der Waals surface area contributed by atoms with E-state index in [0.29, 0.717) is 31.9 Å². The summed E-state index contributed by atoms with van der Waals surface area (Å²) in [4.78, 5) is 38.4. The smallest absolute Gasteiger partial charge is 0.271 e. The van der Waals surface area contributed by atoms with Gasteiger partial charge < -0.3 is 10.6 Å². The van der Waals surface area contributed by atoms with Crippen molar-refractivity contribution in [2.24, 2.45) is 7.05 Å². The van der Waals surface area contributed by atoms with Gasteiger partial charge in [-0.2, -0.15) is 5.10 Å². The molecule has 11 nitrogen and oxygen atoms in total. The molecule has 0 saturated carbocycles. The van der Waals surface area contributed by atoms with Crippen molar-refractivity contribution in [2.45, 2.75) is 39.2 Å². The Morgan fingerprint density at radius 1 is 1.12 bits per heavy atom. The summed E-state index contributed by atoms with van der Waals surface area (Å²) in [6.07, 6.45) is 4.32. The standard InChI is InChI=1S/C21H22ClN9O2S/c1-10(27-19(33)15-11-7-26-31(5)17(11)25-9-24-15)20-23-8-13(34-20)18(32)28-14-6-12(21(2,3)4)16(22)30-29-14/h6-10H,1-5H3,(H,27,33)(H,28,29,32). The molecule has 0 aliphatic carbocycles. The van der Waals surface area contributed by atoms with E-state index < -0.39 is 6.04 Å². The average molecular weight is 500 g/mol. The summed E-state index contributed by atoms with van der Waals surface area (Å²) in [5.74, 6) is -0.480. The van der Waals surface area contributed by atoms with Crippen molar-refractivity contribution in [2.75, 3.05) is 5.32 Å². The minimum absolute atomic E-state index is 0.218. The Labute approximate surface area is 204 Å². The maximum Gasteiger partial charge on any atom is 0.271 e. The lowest BCUT2D eigenvalue weighted by molar-refractivity contribution is 0.0936. The minimum Gasteiger partial charge on any atom is -0.342 e. The lowest BCUT2D eigenvalue weighted by Crippen LogP contribution is -2.27. The summed E-state index contributed by atoms with van der Waals surface area (Å²) in [6, 6.07) is 1.25. The molecule has 0 saturated heterocycles. The Bertz CT molecular complexity index is 1390. The van der Waals surface area contributed by atoms with Crippen LogP contribution in [0.2, 0.25) is 5.15 Å². The van der Waals surface area contributed by atoms with Crippen molar-refractivity contribution in [3.05, 3.63) is 51.1 Å². The van der Waals surface area contributed by atoms with Crippen molar-refractivity contribution in [3.63, 3.8) is 0 Å². The van der Waals surface area contributed by atoms with Crippen LogP contribution in [0.3, 0.4) is 0 Å². The molecule has 4 heterocycles. The fourth-order valence-corrected chi connectivity index (χ4v) is 4.40. The van der Waals surface area contributed by atoms with Crippen LogP contribution in [0.4, 0.5) is 5.82 Å². The first-order chi connectivity index (χ1) is 16.0. The molecule has 4 rings (SSSR count). The molecule has 0 fully saturated rings. The second-order valence-corrected chi connectivity index (χ2v) is 10.0. The van der Waals surface area contributed by atoms with Crippen LogP contribution in [0.5, 0.6) is 0 Å². The number of fused-ring (bicyclic) bond motifs is 1. The molecule has 2 N–H and O–H groups in total. The third kappa shape index (κ3) is 4.73. The first-order valence-corrected chi connectivity index (χ1v) is 11.5. The summed E-state index contributed by atoms with van der Waals surface area (Å²) in [6.45, 7) is 7.76. The third-order valence-electron chi connectivity index (χ3n) is 5.01. The Kier molecular flexibility index (Phi) is 6.28. The zero-order chi connectivity index (χ0) is 24.6. The summed E-state index contributed by atoms with van der Waals surface area (Å²) in [5, 5.41) is 19.0. The van der Waals surface area contributed by atoms with Crippen LogP contribution in [0.1, 0.15) is 64.5 Å². The molecule has 4 aromatic heterocycles. The van der Waals surface area contributed by atoms with E-state index in [9.17, 15) is 9.59 Å². The Morgan fingerprint density at radius 2 is 1.88 bits per heavy atom. The summed E-state index contributed by atoms with van der Waals surface area (Å²) < 4.78 is 1.57. The van der Waals surface area contributed by atoms with Gasteiger partial charge in [-0.25, -0.2) is 15.0 Å². The van der Waals surface area contributed by atoms with E-state index >= 15 is 0 Å². The highest BCUT2D eigenvalue weighted by Crippen LogP contribution is 2.29. The average Bonchev–Trinajstić information content (AvgIpc) is 3.42. The Hall–Kier alpha value is -3.51. The quantitative estimate of drug-likeness (QED) is 0.426. The number of hydrogen-bond acceptors (Lipinski definition) is 9. The molecule has 0 aromatic carbocycles. The van der Waals surface area contributed by atoms with Crippen LogP contribution in [0.25, 0.3) is 11.0 Å². The number of anilines is 1. The molecular weight excluding hydrogens is 478 g/mol. The number of rotatable bonds is 5. The molecule has 1 unspecified atom stereocenters. The molecule has 13 heteroatoms. The molecule has 2 amide bonds. The zero-order valence-electron chi connectivity index (χ0n) is 19.1. The fourth-order valence-electron chi connectivity index (χ4n) is 3.20. The van der Waals surface area contributed by atoms with Crippen LogP contribution in [-0.4, -0.2) is 46.7 Å². The highest BCUT2D eigenvalue weighted by atomic mass is 35.5. The number of halogens is 1. The first kappa shape index (κ1) is 23.6. The van der Waals surface area contributed by atoms with Crippen molar-refractivity contribution in [3.8, 4) is 0 Å². The molecular formula is C21H22ClN9O2S. The summed E-state index contributed by atoms with van der Waals surface area (Å²) in [7, 11) is 1.74. The van der Waals surface area contributed by atoms with Crippen LogP contribution in [0, 0.1) is 0 Å². The fraction of sp³-hybridized carbons (Fsp3) is 0.333. The number of thiazole rings is 1. The van der Waals surface area contributed by atoms with Gasteiger partial charge in [0.25, 0.3) is 11.8 Å². The van der Waals surface area contributed by atoms with Gasteiger partial charge in [0, 0.05) is 12.6 Å². The molecule has 4 aromatic rings. The number of hydrogen-bond donors (Lipinski definition) is 2. The van der Waals surface area contributed by atoms with E-state index in [2.05, 4.69) is 40.9 Å². The summed E-state index contributed by atoms with van der Waals surface area (Å²) in [5.41, 5.74) is 1.28. The van der Waals surface area contributed by atoms with Crippen LogP contribution >= 0.6 is 22.9 Å². The van der Waals surface area contributed by atoms with Crippen molar-refractivity contribution in [1.29, 1.82) is 0 Å². The van der Waals surface area contributed by atoms with Gasteiger partial charge in [-0.15, -0.1) is 21.5 Å². The molecule has 0 aliphatic heterocycles. The van der Waals surface area contributed by atoms with Gasteiger partial charge in [0.1, 0.15) is 21.9 Å². The van der Waals surface area contributed by atoms with E-state index in [1.165, 1.54) is 12.5 Å². The SMILES string of the molecule is CC(NC(=O)c1ncnc2c1cnn2C)c1ncc(C(=O)Nc2cc(C(C)(C)C)c(Cl)nn2)s1. The van der Waals surface area contributed by atoms with Gasteiger partial charge >= 0.3 is 0 Å². The van der Waals surface area contributed by atoms with Crippen molar-refractivity contribution < 1.29 is 9.59 Å². The number of nitrogens with zero attached hydrogens (tertiary/aromatic N) is 7. The monoisotopic (exact) mass is 499 g/mol. The van der Waals surface area contributed by atoms with E-state index in [1.54, 1.807) is 30.9 Å². The van der Waals surface area contributed by atoms with E-state index in [-0.39, 0.29) is 22.9 Å². The topological polar surface area (TPSA) is 140 Å². The largest absolute Gasteiger partial charge is 0.342 e. The summed E-state index contributed by atoms with van der Waals surface area (Å²) >= 11 is 7.32. The highest BCUT2D eigenvalue weighted by Gasteiger charge is 2.22. The Balaban J connectivity index is 1.46. The minimum atomic E-state index is -0.455. The van der Waals surface area contributed by atoms with Gasteiger partial charge in [0.2, 0.25) is 0 Å². The first-order valence-electron chi connectivity index (χ1n) is 10.3. The zero-order valence-corrected chi connectivity index (χ0v) is 20.7. The third-order valence-corrected chi connectivity index (χ3v) is 6.47. The van der Waals surface area contributed by atoms with Crippen LogP contribution in [-0.2, 0) is 12.5 Å². The van der Waals surface area contributed by atoms with Crippen LogP contribution < -0.4 is 10.6 Å². The van der Waals surface area contributed by atoms with Gasteiger partial charge in [0.05, 0.1) is 23.8 Å². The number of nitrogens with one attached hydrogen (secondary N) is 2. The second kappa shape index (κ2) is 9.03. The van der Waals surface area contributed by atoms with Gasteiger partial charge in [0.15, 0.2) is 16.6 Å². The maximum absolute atomic E-state index is 12.8. The molecule has 34 heavy (non-hydrogen) atoms. The normalized spacial score (nSPS) is 12.5. The number of carbonyl (C=O) groups excluding carboxylic acids is 2. The number of amides is 2. The van der Waals surface area contributed by atoms with E-state index in [4.69, 9.17) is 11.6 Å². The predicted octanol–water partition coefficient (Wildman–Crippen LogP) is 3.30. The molecule has 0 aliphatic rings. The lowest BCUT2D eigenvalue weighted by atomic mass is 9.88. The number of aryl methyl sites for hydroxylation is 1. The number of carbonyl (C=O) groups is 2. The van der Waals surface area contributed by atoms with E-state index in [0.717, 1.165) is 16.9 Å². The van der Waals surface area contributed by atoms with Gasteiger partial charge in [-0.05, 0) is 18.4 Å². The lowest BCUT2D eigenvalue weighted by Gasteiger charge is -2.20. The highest BCUT2D eigenvalue weighted by molar-refractivity contribution is 7.13. The van der Waals surface area contributed by atoms with Crippen molar-refractivity contribution in [1.82, 2.24) is 40.2 Å². The predicted molar refractivity (Wildman–Crippen MR) is 128 cm³/mol.